The fourth-order valence-corrected chi connectivity index (χ4v) is 3.69. The zero-order valence-corrected chi connectivity index (χ0v) is 17.7. The number of anilines is 2. The third-order valence-electron chi connectivity index (χ3n) is 5.24. The molecule has 1 aliphatic rings. The summed E-state index contributed by atoms with van der Waals surface area (Å²) in [5.41, 5.74) is 2.83. The Morgan fingerprint density at radius 3 is 2.56 bits per heavy atom. The Hall–Kier alpha value is -3.91. The highest BCUT2D eigenvalue weighted by molar-refractivity contribution is 6.10. The van der Waals surface area contributed by atoms with Gasteiger partial charge in [0.05, 0.1) is 30.7 Å². The summed E-state index contributed by atoms with van der Waals surface area (Å²) in [6, 6.07) is 18.2. The van der Waals surface area contributed by atoms with Crippen molar-refractivity contribution < 1.29 is 18.8 Å². The molecule has 1 aliphatic heterocycles. The topological polar surface area (TPSA) is 94.9 Å². The van der Waals surface area contributed by atoms with Crippen LogP contribution in [0.3, 0.4) is 0 Å². The van der Waals surface area contributed by atoms with Gasteiger partial charge in [0.25, 0.3) is 5.91 Å². The Balaban J connectivity index is 1.53. The van der Waals surface area contributed by atoms with Gasteiger partial charge in [-0.05, 0) is 42.0 Å². The summed E-state index contributed by atoms with van der Waals surface area (Å²) >= 11 is 0. The maximum Gasteiger partial charge on any atom is 0.251 e. The molecule has 8 nitrogen and oxygen atoms in total. The average molecular weight is 432 g/mol. The van der Waals surface area contributed by atoms with E-state index in [4.69, 9.17) is 4.42 Å². The first-order valence-corrected chi connectivity index (χ1v) is 10.3. The molecule has 0 atom stereocenters. The van der Waals surface area contributed by atoms with Crippen molar-refractivity contribution in [2.45, 2.75) is 13.1 Å². The number of hydrogen-bond donors (Lipinski definition) is 2. The largest absolute Gasteiger partial charge is 0.468 e. The van der Waals surface area contributed by atoms with Gasteiger partial charge in [0.2, 0.25) is 11.8 Å². The number of benzene rings is 2. The van der Waals surface area contributed by atoms with E-state index in [1.54, 1.807) is 37.6 Å². The van der Waals surface area contributed by atoms with Crippen LogP contribution in [0.25, 0.3) is 0 Å². The molecule has 0 saturated carbocycles. The molecule has 3 amide bonds. The molecule has 1 aromatic heterocycles. The minimum absolute atomic E-state index is 0.0226. The first-order valence-electron chi connectivity index (χ1n) is 10.3. The van der Waals surface area contributed by atoms with E-state index in [-0.39, 0.29) is 30.8 Å². The second kappa shape index (κ2) is 9.49. The second-order valence-electron chi connectivity index (χ2n) is 7.55. The van der Waals surface area contributed by atoms with Gasteiger partial charge in [-0.1, -0.05) is 24.3 Å². The van der Waals surface area contributed by atoms with E-state index in [1.165, 1.54) is 4.90 Å². The predicted octanol–water partition coefficient (Wildman–Crippen LogP) is 2.63. The standard InChI is InChI=1S/C24H24N4O4/c1-25-24(31)18-10-8-17(9-11-18)13-27(14-19-5-4-12-32-19)16-23(30)28-15-22(29)26-20-6-2-3-7-21(20)28/h2-12H,13-16H2,1H3,(H,25,31)(H,26,29). The zero-order valence-electron chi connectivity index (χ0n) is 17.7. The molecule has 4 rings (SSSR count). The van der Waals surface area contributed by atoms with Gasteiger partial charge in [-0.25, -0.2) is 0 Å². The van der Waals surface area contributed by atoms with E-state index in [0.29, 0.717) is 30.0 Å². The minimum atomic E-state index is -0.223. The summed E-state index contributed by atoms with van der Waals surface area (Å²) in [6.07, 6.45) is 1.60. The SMILES string of the molecule is CNC(=O)c1ccc(CN(CC(=O)N2CC(=O)Nc3ccccc32)Cc2ccco2)cc1. The lowest BCUT2D eigenvalue weighted by Gasteiger charge is -2.31. The van der Waals surface area contributed by atoms with E-state index in [0.717, 1.165) is 11.3 Å². The van der Waals surface area contributed by atoms with E-state index < -0.39 is 0 Å². The molecular weight excluding hydrogens is 408 g/mol. The van der Waals surface area contributed by atoms with Crippen molar-refractivity contribution in [3.8, 4) is 0 Å². The number of hydrogen-bond acceptors (Lipinski definition) is 5. The molecule has 32 heavy (non-hydrogen) atoms. The van der Waals surface area contributed by atoms with E-state index in [2.05, 4.69) is 10.6 Å². The normalized spacial score (nSPS) is 12.9. The monoisotopic (exact) mass is 432 g/mol. The quantitative estimate of drug-likeness (QED) is 0.599. The smallest absolute Gasteiger partial charge is 0.251 e. The predicted molar refractivity (Wildman–Crippen MR) is 120 cm³/mol. The Labute approximate surface area is 185 Å². The highest BCUT2D eigenvalue weighted by atomic mass is 16.3. The Bertz CT molecular complexity index is 1110. The molecule has 0 aliphatic carbocycles. The van der Waals surface area contributed by atoms with Gasteiger partial charge in [0.15, 0.2) is 0 Å². The highest BCUT2D eigenvalue weighted by Gasteiger charge is 2.28. The number of amides is 3. The number of nitrogens with zero attached hydrogens (tertiary/aromatic N) is 2. The maximum atomic E-state index is 13.2. The van der Waals surface area contributed by atoms with Crippen LogP contribution in [0, 0.1) is 0 Å². The van der Waals surface area contributed by atoms with Crippen LogP contribution in [0.5, 0.6) is 0 Å². The number of carbonyl (C=O) groups excluding carboxylic acids is 3. The number of nitrogens with one attached hydrogen (secondary N) is 2. The number of para-hydroxylation sites is 2. The number of furan rings is 1. The summed E-state index contributed by atoms with van der Waals surface area (Å²) in [5, 5.41) is 5.40. The van der Waals surface area contributed by atoms with E-state index in [9.17, 15) is 14.4 Å². The number of rotatable bonds is 7. The molecule has 8 heteroatoms. The average Bonchev–Trinajstić information content (AvgIpc) is 3.31. The van der Waals surface area contributed by atoms with Crippen LogP contribution in [0.15, 0.2) is 71.3 Å². The number of carbonyl (C=O) groups is 3. The summed E-state index contributed by atoms with van der Waals surface area (Å²) in [6.45, 7) is 0.977. The van der Waals surface area contributed by atoms with Crippen LogP contribution in [-0.2, 0) is 22.7 Å². The van der Waals surface area contributed by atoms with Crippen LogP contribution in [0.4, 0.5) is 11.4 Å². The van der Waals surface area contributed by atoms with Gasteiger partial charge in [-0.15, -0.1) is 0 Å². The summed E-state index contributed by atoms with van der Waals surface area (Å²) in [7, 11) is 1.59. The summed E-state index contributed by atoms with van der Waals surface area (Å²) in [5.74, 6) is 0.179. The molecule has 0 radical (unpaired) electrons. The van der Waals surface area contributed by atoms with Gasteiger partial charge in [-0.3, -0.25) is 24.2 Å². The lowest BCUT2D eigenvalue weighted by Crippen LogP contribution is -2.46. The van der Waals surface area contributed by atoms with E-state index in [1.807, 2.05) is 41.3 Å². The highest BCUT2D eigenvalue weighted by Crippen LogP contribution is 2.29. The maximum absolute atomic E-state index is 13.2. The van der Waals surface area contributed by atoms with Crippen LogP contribution < -0.4 is 15.5 Å². The minimum Gasteiger partial charge on any atom is -0.468 e. The molecule has 0 saturated heterocycles. The zero-order chi connectivity index (χ0) is 22.5. The fourth-order valence-electron chi connectivity index (χ4n) is 3.69. The van der Waals surface area contributed by atoms with Gasteiger partial charge in [0, 0.05) is 19.2 Å². The van der Waals surface area contributed by atoms with Crippen molar-refractivity contribution in [3.05, 3.63) is 83.8 Å². The molecule has 2 N–H and O–H groups in total. The van der Waals surface area contributed by atoms with Crippen LogP contribution in [0.1, 0.15) is 21.7 Å². The number of fused-ring (bicyclic) bond motifs is 1. The molecule has 0 spiro atoms. The van der Waals surface area contributed by atoms with Gasteiger partial charge in [0.1, 0.15) is 12.3 Å². The van der Waals surface area contributed by atoms with Crippen molar-refractivity contribution >= 4 is 29.1 Å². The second-order valence-corrected chi connectivity index (χ2v) is 7.55. The van der Waals surface area contributed by atoms with Crippen molar-refractivity contribution in [2.24, 2.45) is 0 Å². The van der Waals surface area contributed by atoms with Crippen molar-refractivity contribution in [1.82, 2.24) is 10.2 Å². The van der Waals surface area contributed by atoms with Gasteiger partial charge < -0.3 is 15.1 Å². The summed E-state index contributed by atoms with van der Waals surface area (Å²) in [4.78, 5) is 40.6. The Morgan fingerprint density at radius 2 is 1.84 bits per heavy atom. The lowest BCUT2D eigenvalue weighted by molar-refractivity contribution is -0.123. The first-order chi connectivity index (χ1) is 15.5. The van der Waals surface area contributed by atoms with Crippen LogP contribution in [0.2, 0.25) is 0 Å². The summed E-state index contributed by atoms with van der Waals surface area (Å²) < 4.78 is 5.48. The van der Waals surface area contributed by atoms with Crippen molar-refractivity contribution in [3.63, 3.8) is 0 Å². The molecule has 3 aromatic rings. The molecule has 2 aromatic carbocycles. The lowest BCUT2D eigenvalue weighted by atomic mass is 10.1. The van der Waals surface area contributed by atoms with Crippen LogP contribution >= 0.6 is 0 Å². The third kappa shape index (κ3) is 4.87. The van der Waals surface area contributed by atoms with Gasteiger partial charge in [-0.2, -0.15) is 0 Å². The molecule has 0 bridgehead atoms. The molecule has 0 unspecified atom stereocenters. The van der Waals surface area contributed by atoms with Crippen LogP contribution in [-0.4, -0.2) is 42.8 Å². The van der Waals surface area contributed by atoms with Crippen molar-refractivity contribution in [1.29, 1.82) is 0 Å². The first kappa shape index (κ1) is 21.3. The molecule has 2 heterocycles. The Kier molecular flexibility index (Phi) is 6.32. The molecule has 0 fully saturated rings. The van der Waals surface area contributed by atoms with E-state index >= 15 is 0 Å². The Morgan fingerprint density at radius 1 is 1.06 bits per heavy atom. The van der Waals surface area contributed by atoms with Crippen molar-refractivity contribution in [2.75, 3.05) is 30.4 Å². The van der Waals surface area contributed by atoms with Gasteiger partial charge >= 0.3 is 0 Å². The molecular formula is C24H24N4O4. The third-order valence-corrected chi connectivity index (χ3v) is 5.24. The fraction of sp³-hybridized carbons (Fsp3) is 0.208. The molecule has 164 valence electrons.